The normalized spacial score (nSPS) is 24.9. The second kappa shape index (κ2) is 6.28. The quantitative estimate of drug-likeness (QED) is 0.466. The Morgan fingerprint density at radius 3 is 2.64 bits per heavy atom. The lowest BCUT2D eigenvalue weighted by Crippen LogP contribution is -2.23. The number of hydrogen-bond acceptors (Lipinski definition) is 1. The van der Waals surface area contributed by atoms with Gasteiger partial charge in [0.05, 0.1) is 0 Å². The molecule has 1 fully saturated rings. The standard InChI is InChI=1S/C18H19N3.HI/c19-18(21-13-7-2-1-3-8-13)20-11-16-15-10-12-6-4-5-9-14(12)17(15)16;/h1-9,15-17H,10-11H2,(H3,19,20,21);1H. The number of halogens is 1. The Labute approximate surface area is 148 Å². The van der Waals surface area contributed by atoms with E-state index < -0.39 is 0 Å². The van der Waals surface area contributed by atoms with Gasteiger partial charge in [0.25, 0.3) is 0 Å². The summed E-state index contributed by atoms with van der Waals surface area (Å²) in [5, 5.41) is 3.14. The minimum Gasteiger partial charge on any atom is -0.370 e. The molecule has 2 aliphatic carbocycles. The number of hydrogen-bond donors (Lipinski definition) is 2. The molecular formula is C18H20IN3. The number of aliphatic imine (C=N–C) groups is 1. The van der Waals surface area contributed by atoms with Crippen LogP contribution in [0.5, 0.6) is 0 Å². The number of nitrogens with two attached hydrogens (primary N) is 1. The minimum atomic E-state index is 0. The predicted octanol–water partition coefficient (Wildman–Crippen LogP) is 3.62. The molecule has 4 rings (SSSR count). The van der Waals surface area contributed by atoms with Gasteiger partial charge < -0.3 is 11.1 Å². The Hall–Kier alpha value is -1.56. The van der Waals surface area contributed by atoms with Gasteiger partial charge in [-0.15, -0.1) is 24.0 Å². The van der Waals surface area contributed by atoms with Gasteiger partial charge in [-0.3, -0.25) is 4.99 Å². The first-order chi connectivity index (χ1) is 10.3. The molecule has 0 aromatic heterocycles. The fraction of sp³-hybridized carbons (Fsp3) is 0.278. The summed E-state index contributed by atoms with van der Waals surface area (Å²) >= 11 is 0. The fourth-order valence-electron chi connectivity index (χ4n) is 3.65. The number of anilines is 1. The van der Waals surface area contributed by atoms with E-state index in [9.17, 15) is 0 Å². The van der Waals surface area contributed by atoms with E-state index in [0.29, 0.717) is 11.9 Å². The van der Waals surface area contributed by atoms with E-state index in [-0.39, 0.29) is 24.0 Å². The van der Waals surface area contributed by atoms with Crippen molar-refractivity contribution in [3.8, 4) is 0 Å². The molecule has 2 aromatic rings. The maximum atomic E-state index is 5.97. The first kappa shape index (κ1) is 15.3. The van der Waals surface area contributed by atoms with E-state index in [1.54, 1.807) is 0 Å². The first-order valence-corrected chi connectivity index (χ1v) is 7.53. The van der Waals surface area contributed by atoms with E-state index in [1.165, 1.54) is 17.5 Å². The molecule has 22 heavy (non-hydrogen) atoms. The Morgan fingerprint density at radius 2 is 1.82 bits per heavy atom. The molecule has 2 aromatic carbocycles. The van der Waals surface area contributed by atoms with Crippen LogP contribution < -0.4 is 11.1 Å². The maximum Gasteiger partial charge on any atom is 0.193 e. The molecule has 0 amide bonds. The van der Waals surface area contributed by atoms with Crippen molar-refractivity contribution in [2.75, 3.05) is 11.9 Å². The van der Waals surface area contributed by atoms with Gasteiger partial charge in [0.15, 0.2) is 5.96 Å². The van der Waals surface area contributed by atoms with Gasteiger partial charge in [0.1, 0.15) is 0 Å². The molecule has 0 bridgehead atoms. The highest BCUT2D eigenvalue weighted by molar-refractivity contribution is 14.0. The molecule has 114 valence electrons. The van der Waals surface area contributed by atoms with Gasteiger partial charge in [-0.1, -0.05) is 42.5 Å². The highest BCUT2D eigenvalue weighted by Crippen LogP contribution is 2.61. The summed E-state index contributed by atoms with van der Waals surface area (Å²) in [6.45, 7) is 0.829. The molecule has 0 radical (unpaired) electrons. The molecule has 3 N–H and O–H groups in total. The highest BCUT2D eigenvalue weighted by atomic mass is 127. The van der Waals surface area contributed by atoms with Crippen molar-refractivity contribution >= 4 is 35.6 Å². The third-order valence-corrected chi connectivity index (χ3v) is 4.72. The molecule has 3 unspecified atom stereocenters. The van der Waals surface area contributed by atoms with Gasteiger partial charge >= 0.3 is 0 Å². The van der Waals surface area contributed by atoms with Gasteiger partial charge in [-0.2, -0.15) is 0 Å². The van der Waals surface area contributed by atoms with Crippen LogP contribution in [0.4, 0.5) is 5.69 Å². The minimum absolute atomic E-state index is 0. The first-order valence-electron chi connectivity index (χ1n) is 7.53. The molecule has 3 atom stereocenters. The smallest absolute Gasteiger partial charge is 0.193 e. The molecule has 2 aliphatic rings. The average molecular weight is 405 g/mol. The van der Waals surface area contributed by atoms with Crippen LogP contribution in [0.15, 0.2) is 59.6 Å². The molecule has 1 saturated carbocycles. The van der Waals surface area contributed by atoms with Crippen molar-refractivity contribution < 1.29 is 0 Å². The van der Waals surface area contributed by atoms with Crippen LogP contribution in [0.25, 0.3) is 0 Å². The lowest BCUT2D eigenvalue weighted by Gasteiger charge is -2.07. The van der Waals surface area contributed by atoms with Crippen LogP contribution in [0, 0.1) is 11.8 Å². The summed E-state index contributed by atoms with van der Waals surface area (Å²) in [6, 6.07) is 18.7. The van der Waals surface area contributed by atoms with E-state index in [0.717, 1.165) is 24.1 Å². The largest absolute Gasteiger partial charge is 0.370 e. The van der Waals surface area contributed by atoms with Crippen molar-refractivity contribution in [1.82, 2.24) is 0 Å². The van der Waals surface area contributed by atoms with Crippen molar-refractivity contribution in [2.45, 2.75) is 12.3 Å². The second-order valence-corrected chi connectivity index (χ2v) is 5.97. The number of nitrogens with one attached hydrogen (secondary N) is 1. The van der Waals surface area contributed by atoms with E-state index >= 15 is 0 Å². The third-order valence-electron chi connectivity index (χ3n) is 4.72. The van der Waals surface area contributed by atoms with Gasteiger partial charge in [-0.25, -0.2) is 0 Å². The van der Waals surface area contributed by atoms with Gasteiger partial charge in [0.2, 0.25) is 0 Å². The Kier molecular flexibility index (Phi) is 4.38. The zero-order chi connectivity index (χ0) is 14.2. The molecule has 0 aliphatic heterocycles. The Morgan fingerprint density at radius 1 is 1.09 bits per heavy atom. The number of para-hydroxylation sites is 1. The maximum absolute atomic E-state index is 5.97. The van der Waals surface area contributed by atoms with E-state index in [2.05, 4.69) is 34.6 Å². The lowest BCUT2D eigenvalue weighted by atomic mass is 10.0. The van der Waals surface area contributed by atoms with Crippen LogP contribution in [-0.4, -0.2) is 12.5 Å². The molecule has 3 nitrogen and oxygen atoms in total. The second-order valence-electron chi connectivity index (χ2n) is 5.97. The number of rotatable bonds is 3. The molecule has 0 spiro atoms. The number of fused-ring (bicyclic) bond motifs is 3. The van der Waals surface area contributed by atoms with E-state index in [4.69, 9.17) is 5.73 Å². The Bertz CT molecular complexity index is 684. The van der Waals surface area contributed by atoms with E-state index in [1.807, 2.05) is 30.3 Å². The summed E-state index contributed by atoms with van der Waals surface area (Å²) < 4.78 is 0. The van der Waals surface area contributed by atoms with Crippen molar-refractivity contribution in [3.63, 3.8) is 0 Å². The average Bonchev–Trinajstić information content (AvgIpc) is 3.05. The zero-order valence-corrected chi connectivity index (χ0v) is 14.6. The summed E-state index contributed by atoms with van der Waals surface area (Å²) in [7, 11) is 0. The fourth-order valence-corrected chi connectivity index (χ4v) is 3.65. The number of nitrogens with zero attached hydrogens (tertiary/aromatic N) is 1. The van der Waals surface area contributed by atoms with Crippen LogP contribution in [0.1, 0.15) is 17.0 Å². The highest BCUT2D eigenvalue weighted by Gasteiger charge is 2.54. The lowest BCUT2D eigenvalue weighted by molar-refractivity contribution is 0.701. The summed E-state index contributed by atoms with van der Waals surface area (Å²) in [5.41, 5.74) is 10.0. The zero-order valence-electron chi connectivity index (χ0n) is 12.3. The summed E-state index contributed by atoms with van der Waals surface area (Å²) in [4.78, 5) is 4.52. The summed E-state index contributed by atoms with van der Waals surface area (Å²) in [6.07, 6.45) is 1.22. The van der Waals surface area contributed by atoms with Crippen LogP contribution in [0.2, 0.25) is 0 Å². The van der Waals surface area contributed by atoms with Crippen molar-refractivity contribution in [3.05, 3.63) is 65.7 Å². The molecular weight excluding hydrogens is 385 g/mol. The SMILES string of the molecule is I.NC(=NCC1C2Cc3ccccc3C12)Nc1ccccc1. The van der Waals surface area contributed by atoms with Gasteiger partial charge in [0, 0.05) is 12.2 Å². The molecule has 0 heterocycles. The summed E-state index contributed by atoms with van der Waals surface area (Å²) in [5.74, 6) is 2.70. The van der Waals surface area contributed by atoms with Crippen molar-refractivity contribution in [2.24, 2.45) is 22.6 Å². The van der Waals surface area contributed by atoms with Crippen LogP contribution in [0.3, 0.4) is 0 Å². The number of guanidine groups is 1. The monoisotopic (exact) mass is 405 g/mol. The predicted molar refractivity (Wildman–Crippen MR) is 102 cm³/mol. The molecule has 4 heteroatoms. The Balaban J connectivity index is 0.00000144. The van der Waals surface area contributed by atoms with Crippen LogP contribution >= 0.6 is 24.0 Å². The topological polar surface area (TPSA) is 50.4 Å². The van der Waals surface area contributed by atoms with Crippen molar-refractivity contribution in [1.29, 1.82) is 0 Å². The van der Waals surface area contributed by atoms with Gasteiger partial charge in [-0.05, 0) is 47.4 Å². The third kappa shape index (κ3) is 2.84. The number of benzene rings is 2. The molecule has 0 saturated heterocycles. The van der Waals surface area contributed by atoms with Crippen LogP contribution in [-0.2, 0) is 6.42 Å².